The van der Waals surface area contributed by atoms with Gasteiger partial charge in [0.15, 0.2) is 11.2 Å². The molecule has 1 aliphatic carbocycles. The number of nitrogens with one attached hydrogen (secondary N) is 1. The first-order chi connectivity index (χ1) is 18.7. The smallest absolute Gasteiger partial charge is 0.313 e. The molecule has 3 aromatic carbocycles. The van der Waals surface area contributed by atoms with Crippen LogP contribution in [0.5, 0.6) is 5.75 Å². The number of esters is 1. The first-order valence-electron chi connectivity index (χ1n) is 11.9. The molecule has 194 valence electrons. The number of rotatable bonds is 4. The Bertz CT molecular complexity index is 1750. The number of halogens is 2. The number of hydrogen-bond acceptors (Lipinski definition) is 7. The molecular weight excluding hydrogens is 508 g/mol. The fraction of sp³-hybridized carbons (Fsp3) is 0.172. The molecule has 2 aliphatic rings. The molecule has 0 saturated heterocycles. The Morgan fingerprint density at radius 3 is 2.56 bits per heavy atom. The Hall–Kier alpha value is -4.88. The topological polar surface area (TPSA) is 125 Å². The summed E-state index contributed by atoms with van der Waals surface area (Å²) in [5, 5.41) is 22.1. The number of aromatic amines is 1. The van der Waals surface area contributed by atoms with Gasteiger partial charge in [0.2, 0.25) is 0 Å². The van der Waals surface area contributed by atoms with Crippen LogP contribution in [0.3, 0.4) is 0 Å². The Kier molecular flexibility index (Phi) is 5.38. The van der Waals surface area contributed by atoms with Gasteiger partial charge in [-0.25, -0.2) is 13.8 Å². The number of carbonyl (C=O) groups excluding carboxylic acids is 1. The second-order valence-electron chi connectivity index (χ2n) is 9.37. The summed E-state index contributed by atoms with van der Waals surface area (Å²) in [6.07, 6.45) is -0.422. The predicted octanol–water partition coefficient (Wildman–Crippen LogP) is 3.30. The van der Waals surface area contributed by atoms with Crippen LogP contribution < -0.4 is 10.3 Å². The van der Waals surface area contributed by atoms with E-state index in [0.717, 1.165) is 6.07 Å². The van der Waals surface area contributed by atoms with Crippen LogP contribution in [0.25, 0.3) is 0 Å². The maximum atomic E-state index is 15.6. The molecule has 3 atom stereocenters. The van der Waals surface area contributed by atoms with E-state index in [1.807, 2.05) is 6.07 Å². The SMILES string of the molecule is COC(=O)Cc1nc2c(c(=O)[nH]1)[C@@H](c1ccccc1)[C@]1(c3ccc(C#N)cc3)Oc3cc(F)cc(F)c3[C@]21O. The Labute approximate surface area is 220 Å². The zero-order chi connectivity index (χ0) is 27.5. The summed E-state index contributed by atoms with van der Waals surface area (Å²) in [5.41, 5.74) is -4.54. The lowest BCUT2D eigenvalue weighted by atomic mass is 9.70. The molecule has 4 aromatic rings. The minimum Gasteiger partial charge on any atom is -0.477 e. The van der Waals surface area contributed by atoms with E-state index in [-0.39, 0.29) is 22.8 Å². The van der Waals surface area contributed by atoms with Gasteiger partial charge < -0.3 is 19.6 Å². The number of carbonyl (C=O) groups is 1. The molecule has 2 heterocycles. The minimum absolute atomic E-state index is 0.00366. The van der Waals surface area contributed by atoms with Crippen LogP contribution in [0.4, 0.5) is 8.78 Å². The highest BCUT2D eigenvalue weighted by atomic mass is 19.1. The van der Waals surface area contributed by atoms with Crippen molar-refractivity contribution in [3.8, 4) is 11.8 Å². The lowest BCUT2D eigenvalue weighted by Gasteiger charge is -2.40. The van der Waals surface area contributed by atoms with Crippen LogP contribution >= 0.6 is 0 Å². The number of fused-ring (bicyclic) bond motifs is 5. The van der Waals surface area contributed by atoms with Gasteiger partial charge in [0, 0.05) is 17.7 Å². The molecule has 39 heavy (non-hydrogen) atoms. The molecule has 0 saturated carbocycles. The minimum atomic E-state index is -2.44. The number of H-pyrrole nitrogens is 1. The monoisotopic (exact) mass is 527 g/mol. The first-order valence-corrected chi connectivity index (χ1v) is 11.9. The van der Waals surface area contributed by atoms with Gasteiger partial charge in [-0.05, 0) is 17.7 Å². The van der Waals surface area contributed by atoms with Crippen LogP contribution in [0.2, 0.25) is 0 Å². The van der Waals surface area contributed by atoms with Gasteiger partial charge in [0.05, 0.1) is 41.5 Å². The standard InChI is InChI=1S/C29H19F2N3O5/c1-38-22(35)13-21-33-26-23(27(36)34-21)24(16-5-3-2-4-6-16)29(17-9-7-15(14-32)8-10-17)28(26,37)25-19(31)11-18(30)12-20(25)39-29/h2-12,24,37H,13H2,1H3,(H,33,34,36)/t24-,28+,29+/m1/s1. The largest absolute Gasteiger partial charge is 0.477 e. The number of aromatic nitrogens is 2. The number of hydrogen-bond donors (Lipinski definition) is 2. The predicted molar refractivity (Wildman–Crippen MR) is 132 cm³/mol. The fourth-order valence-corrected chi connectivity index (χ4v) is 5.82. The van der Waals surface area contributed by atoms with Crippen molar-refractivity contribution in [2.45, 2.75) is 23.5 Å². The number of benzene rings is 3. The van der Waals surface area contributed by atoms with Gasteiger partial charge in [-0.1, -0.05) is 42.5 Å². The van der Waals surface area contributed by atoms with Gasteiger partial charge in [-0.2, -0.15) is 5.26 Å². The third-order valence-corrected chi connectivity index (χ3v) is 7.35. The molecule has 10 heteroatoms. The van der Waals surface area contributed by atoms with E-state index in [4.69, 9.17) is 9.47 Å². The van der Waals surface area contributed by atoms with Crippen molar-refractivity contribution in [2.24, 2.45) is 0 Å². The third-order valence-electron chi connectivity index (χ3n) is 7.35. The summed E-state index contributed by atoms with van der Waals surface area (Å²) in [5.74, 6) is -4.16. The van der Waals surface area contributed by atoms with E-state index < -0.39 is 52.3 Å². The van der Waals surface area contributed by atoms with E-state index in [2.05, 4.69) is 9.97 Å². The number of methoxy groups -OCH3 is 1. The zero-order valence-electron chi connectivity index (χ0n) is 20.4. The normalized spacial score (nSPS) is 22.3. The van der Waals surface area contributed by atoms with Crippen molar-refractivity contribution in [1.82, 2.24) is 9.97 Å². The van der Waals surface area contributed by atoms with Gasteiger partial charge in [0.25, 0.3) is 5.56 Å². The van der Waals surface area contributed by atoms with Crippen molar-refractivity contribution in [3.63, 3.8) is 0 Å². The van der Waals surface area contributed by atoms with Crippen LogP contribution in [-0.2, 0) is 27.2 Å². The number of aliphatic hydroxyl groups is 1. The van der Waals surface area contributed by atoms with Crippen molar-refractivity contribution in [2.75, 3.05) is 7.11 Å². The number of ether oxygens (including phenoxy) is 2. The zero-order valence-corrected chi connectivity index (χ0v) is 20.4. The maximum absolute atomic E-state index is 15.6. The summed E-state index contributed by atoms with van der Waals surface area (Å²) >= 11 is 0. The molecule has 1 aromatic heterocycles. The van der Waals surface area contributed by atoms with E-state index in [9.17, 15) is 24.3 Å². The number of nitriles is 1. The molecule has 0 spiro atoms. The number of nitrogens with zero attached hydrogens (tertiary/aromatic N) is 2. The highest BCUT2D eigenvalue weighted by Gasteiger charge is 2.73. The van der Waals surface area contributed by atoms with E-state index >= 15 is 4.39 Å². The summed E-state index contributed by atoms with van der Waals surface area (Å²) < 4.78 is 41.1. The van der Waals surface area contributed by atoms with E-state index in [0.29, 0.717) is 22.8 Å². The highest BCUT2D eigenvalue weighted by Crippen LogP contribution is 2.67. The molecule has 0 bridgehead atoms. The van der Waals surface area contributed by atoms with Gasteiger partial charge in [-0.15, -0.1) is 0 Å². The van der Waals surface area contributed by atoms with Gasteiger partial charge in [-0.3, -0.25) is 9.59 Å². The average Bonchev–Trinajstić information content (AvgIpc) is 3.31. The Morgan fingerprint density at radius 1 is 1.18 bits per heavy atom. The molecule has 0 radical (unpaired) electrons. The van der Waals surface area contributed by atoms with Crippen molar-refractivity contribution >= 4 is 5.97 Å². The summed E-state index contributed by atoms with van der Waals surface area (Å²) in [4.78, 5) is 32.7. The van der Waals surface area contributed by atoms with Crippen LogP contribution in [0, 0.1) is 23.0 Å². The first kappa shape index (κ1) is 24.5. The summed E-state index contributed by atoms with van der Waals surface area (Å²) in [7, 11) is 1.17. The van der Waals surface area contributed by atoms with E-state index in [1.165, 1.54) is 31.4 Å². The molecule has 0 fully saturated rings. The van der Waals surface area contributed by atoms with Gasteiger partial charge >= 0.3 is 5.97 Å². The van der Waals surface area contributed by atoms with Crippen molar-refractivity contribution in [3.05, 3.63) is 128 Å². The lowest BCUT2D eigenvalue weighted by Crippen LogP contribution is -2.49. The molecule has 6 rings (SSSR count). The fourth-order valence-electron chi connectivity index (χ4n) is 5.82. The quantitative estimate of drug-likeness (QED) is 0.390. The molecular formula is C29H19F2N3O5. The third kappa shape index (κ3) is 3.26. The van der Waals surface area contributed by atoms with Crippen LogP contribution in [0.15, 0.2) is 71.5 Å². The van der Waals surface area contributed by atoms with Crippen LogP contribution in [0.1, 0.15) is 45.3 Å². The molecule has 0 unspecified atom stereocenters. The van der Waals surface area contributed by atoms with Crippen molar-refractivity contribution < 1.29 is 28.2 Å². The molecule has 1 aliphatic heterocycles. The summed E-state index contributed by atoms with van der Waals surface area (Å²) in [6.45, 7) is 0. The molecule has 2 N–H and O–H groups in total. The Morgan fingerprint density at radius 2 is 1.90 bits per heavy atom. The Balaban J connectivity index is 1.76. The van der Waals surface area contributed by atoms with Crippen molar-refractivity contribution in [1.29, 1.82) is 5.26 Å². The molecule has 0 amide bonds. The van der Waals surface area contributed by atoms with E-state index in [1.54, 1.807) is 30.3 Å². The highest BCUT2D eigenvalue weighted by molar-refractivity contribution is 5.71. The summed E-state index contributed by atoms with van der Waals surface area (Å²) in [6, 6.07) is 18.3. The van der Waals surface area contributed by atoms with Gasteiger partial charge in [0.1, 0.15) is 29.6 Å². The maximum Gasteiger partial charge on any atom is 0.313 e. The second-order valence-corrected chi connectivity index (χ2v) is 9.37. The lowest BCUT2D eigenvalue weighted by molar-refractivity contribution is -0.139. The molecule has 8 nitrogen and oxygen atoms in total. The van der Waals surface area contributed by atoms with Crippen LogP contribution in [-0.4, -0.2) is 28.2 Å². The average molecular weight is 527 g/mol. The second kappa shape index (κ2) is 8.58.